The number of carbonyl (C=O) groups excluding carboxylic acids is 1. The monoisotopic (exact) mass is 283 g/mol. The second-order valence-electron chi connectivity index (χ2n) is 5.43. The fourth-order valence-corrected chi connectivity index (χ4v) is 1.62. The number of amides is 1. The van der Waals surface area contributed by atoms with E-state index < -0.39 is 17.4 Å². The Labute approximate surface area is 117 Å². The Bertz CT molecular complexity index is 463. The summed E-state index contributed by atoms with van der Waals surface area (Å²) in [5.41, 5.74) is 0.160. The summed E-state index contributed by atoms with van der Waals surface area (Å²) in [5.74, 6) is -1.15. The normalized spacial score (nSPS) is 12.8. The van der Waals surface area contributed by atoms with Crippen molar-refractivity contribution in [1.29, 1.82) is 0 Å². The van der Waals surface area contributed by atoms with Crippen LogP contribution in [0.5, 0.6) is 0 Å². The van der Waals surface area contributed by atoms with Gasteiger partial charge in [0.1, 0.15) is 0 Å². The number of carboxylic acids is 1. The maximum atomic E-state index is 12.0. The first kappa shape index (κ1) is 15.5. The average Bonchev–Trinajstić information content (AvgIpc) is 2.27. The standard InChI is InChI=1S/C14H18ClNO3/c1-14(2,3)13(19)16-11(8-12(17)18)9-4-6-10(15)7-5-9/h4-7,11H,8H2,1-3H3,(H,16,19)(H,17,18)/t11-/m1/s1. The molecule has 0 aliphatic heterocycles. The van der Waals surface area contributed by atoms with Crippen LogP contribution in [0.15, 0.2) is 24.3 Å². The quantitative estimate of drug-likeness (QED) is 0.892. The molecule has 4 nitrogen and oxygen atoms in total. The molecule has 0 aliphatic rings. The van der Waals surface area contributed by atoms with E-state index in [1.165, 1.54) is 0 Å². The molecule has 19 heavy (non-hydrogen) atoms. The van der Waals surface area contributed by atoms with E-state index in [0.717, 1.165) is 5.56 Å². The molecule has 0 aliphatic carbocycles. The first-order chi connectivity index (χ1) is 8.70. The Kier molecular flexibility index (Phi) is 4.95. The number of nitrogens with one attached hydrogen (secondary N) is 1. The van der Waals surface area contributed by atoms with Crippen molar-refractivity contribution < 1.29 is 14.7 Å². The van der Waals surface area contributed by atoms with Crippen molar-refractivity contribution >= 4 is 23.5 Å². The second-order valence-corrected chi connectivity index (χ2v) is 5.86. The van der Waals surface area contributed by atoms with E-state index >= 15 is 0 Å². The highest BCUT2D eigenvalue weighted by Crippen LogP contribution is 2.22. The Balaban J connectivity index is 2.92. The zero-order chi connectivity index (χ0) is 14.6. The van der Waals surface area contributed by atoms with E-state index in [1.54, 1.807) is 45.0 Å². The van der Waals surface area contributed by atoms with Gasteiger partial charge in [-0.1, -0.05) is 44.5 Å². The molecule has 0 radical (unpaired) electrons. The molecular weight excluding hydrogens is 266 g/mol. The Hall–Kier alpha value is -1.55. The van der Waals surface area contributed by atoms with Gasteiger partial charge in [0.15, 0.2) is 0 Å². The number of aliphatic carboxylic acids is 1. The van der Waals surface area contributed by atoms with Gasteiger partial charge in [-0.05, 0) is 17.7 Å². The molecule has 0 saturated heterocycles. The molecular formula is C14H18ClNO3. The second kappa shape index (κ2) is 6.06. The fraction of sp³-hybridized carbons (Fsp3) is 0.429. The fourth-order valence-electron chi connectivity index (χ4n) is 1.50. The van der Waals surface area contributed by atoms with E-state index in [2.05, 4.69) is 5.32 Å². The van der Waals surface area contributed by atoms with Gasteiger partial charge >= 0.3 is 5.97 Å². The van der Waals surface area contributed by atoms with Crippen LogP contribution in [0.25, 0.3) is 0 Å². The van der Waals surface area contributed by atoms with Gasteiger partial charge in [-0.15, -0.1) is 0 Å². The summed E-state index contributed by atoms with van der Waals surface area (Å²) >= 11 is 5.80. The average molecular weight is 284 g/mol. The smallest absolute Gasteiger partial charge is 0.305 e. The summed E-state index contributed by atoms with van der Waals surface area (Å²) in [6.07, 6.45) is -0.163. The lowest BCUT2D eigenvalue weighted by molar-refractivity contribution is -0.138. The molecule has 1 amide bonds. The van der Waals surface area contributed by atoms with Crippen LogP contribution in [0.2, 0.25) is 5.02 Å². The zero-order valence-electron chi connectivity index (χ0n) is 11.2. The lowest BCUT2D eigenvalue weighted by atomic mass is 9.94. The van der Waals surface area contributed by atoms with Crippen molar-refractivity contribution in [3.8, 4) is 0 Å². The van der Waals surface area contributed by atoms with Gasteiger partial charge in [-0.2, -0.15) is 0 Å². The van der Waals surface area contributed by atoms with Crippen molar-refractivity contribution in [2.45, 2.75) is 33.2 Å². The number of rotatable bonds is 4. The molecule has 0 spiro atoms. The number of halogens is 1. The zero-order valence-corrected chi connectivity index (χ0v) is 12.0. The molecule has 0 aromatic heterocycles. The van der Waals surface area contributed by atoms with E-state index in [1.807, 2.05) is 0 Å². The van der Waals surface area contributed by atoms with Crippen molar-refractivity contribution in [3.63, 3.8) is 0 Å². The van der Waals surface area contributed by atoms with Gasteiger partial charge in [-0.3, -0.25) is 9.59 Å². The number of hydrogen-bond acceptors (Lipinski definition) is 2. The molecule has 1 aromatic carbocycles. The summed E-state index contributed by atoms with van der Waals surface area (Å²) in [6.45, 7) is 5.34. The van der Waals surface area contributed by atoms with Crippen LogP contribution in [0.1, 0.15) is 38.8 Å². The van der Waals surface area contributed by atoms with Gasteiger partial charge in [0.05, 0.1) is 12.5 Å². The topological polar surface area (TPSA) is 66.4 Å². The third-order valence-electron chi connectivity index (χ3n) is 2.64. The number of hydrogen-bond donors (Lipinski definition) is 2. The molecule has 0 unspecified atom stereocenters. The predicted octanol–water partition coefficient (Wildman–Crippen LogP) is 3.02. The summed E-state index contributed by atoms with van der Waals surface area (Å²) in [4.78, 5) is 22.9. The van der Waals surface area contributed by atoms with E-state index in [4.69, 9.17) is 16.7 Å². The molecule has 1 rings (SSSR count). The summed E-state index contributed by atoms with van der Waals surface area (Å²) < 4.78 is 0. The van der Waals surface area contributed by atoms with Gasteiger partial charge < -0.3 is 10.4 Å². The highest BCUT2D eigenvalue weighted by molar-refractivity contribution is 6.30. The Morgan fingerprint density at radius 2 is 1.79 bits per heavy atom. The summed E-state index contributed by atoms with van der Waals surface area (Å²) in [6, 6.07) is 6.24. The third-order valence-corrected chi connectivity index (χ3v) is 2.89. The predicted molar refractivity (Wildman–Crippen MR) is 74.0 cm³/mol. The van der Waals surface area contributed by atoms with Crippen molar-refractivity contribution in [2.24, 2.45) is 5.41 Å². The van der Waals surface area contributed by atoms with E-state index in [9.17, 15) is 9.59 Å². The SMILES string of the molecule is CC(C)(C)C(=O)N[C@H](CC(=O)O)c1ccc(Cl)cc1. The Morgan fingerprint density at radius 1 is 1.26 bits per heavy atom. The van der Waals surface area contributed by atoms with Gasteiger partial charge in [-0.25, -0.2) is 0 Å². The molecule has 0 bridgehead atoms. The van der Waals surface area contributed by atoms with Crippen molar-refractivity contribution in [2.75, 3.05) is 0 Å². The van der Waals surface area contributed by atoms with Crippen LogP contribution < -0.4 is 5.32 Å². The van der Waals surface area contributed by atoms with Crippen LogP contribution in [-0.4, -0.2) is 17.0 Å². The molecule has 0 saturated carbocycles. The number of benzene rings is 1. The van der Waals surface area contributed by atoms with Crippen LogP contribution in [0.3, 0.4) is 0 Å². The van der Waals surface area contributed by atoms with Gasteiger partial charge in [0.2, 0.25) is 5.91 Å². The highest BCUT2D eigenvalue weighted by atomic mass is 35.5. The van der Waals surface area contributed by atoms with Gasteiger partial charge in [0, 0.05) is 10.4 Å². The molecule has 1 atom stereocenters. The van der Waals surface area contributed by atoms with E-state index in [0.29, 0.717) is 5.02 Å². The molecule has 104 valence electrons. The molecule has 0 heterocycles. The molecule has 2 N–H and O–H groups in total. The minimum atomic E-state index is -0.964. The number of carboxylic acid groups (broad SMARTS) is 1. The molecule has 0 fully saturated rings. The molecule has 1 aromatic rings. The van der Waals surface area contributed by atoms with Crippen LogP contribution in [-0.2, 0) is 9.59 Å². The lowest BCUT2D eigenvalue weighted by Gasteiger charge is -2.23. The van der Waals surface area contributed by atoms with E-state index in [-0.39, 0.29) is 12.3 Å². The number of carbonyl (C=O) groups is 2. The van der Waals surface area contributed by atoms with Gasteiger partial charge in [0.25, 0.3) is 0 Å². The van der Waals surface area contributed by atoms with Crippen LogP contribution in [0.4, 0.5) is 0 Å². The minimum Gasteiger partial charge on any atom is -0.481 e. The lowest BCUT2D eigenvalue weighted by Crippen LogP contribution is -2.38. The van der Waals surface area contributed by atoms with Crippen LogP contribution in [0, 0.1) is 5.41 Å². The largest absolute Gasteiger partial charge is 0.481 e. The summed E-state index contributed by atoms with van der Waals surface area (Å²) in [7, 11) is 0. The summed E-state index contributed by atoms with van der Waals surface area (Å²) in [5, 5.41) is 12.3. The highest BCUT2D eigenvalue weighted by Gasteiger charge is 2.25. The minimum absolute atomic E-state index is 0.163. The van der Waals surface area contributed by atoms with Crippen LogP contribution >= 0.6 is 11.6 Å². The van der Waals surface area contributed by atoms with Crippen molar-refractivity contribution in [1.82, 2.24) is 5.32 Å². The Morgan fingerprint density at radius 3 is 2.21 bits per heavy atom. The van der Waals surface area contributed by atoms with Crippen molar-refractivity contribution in [3.05, 3.63) is 34.9 Å². The third kappa shape index (κ3) is 4.91. The molecule has 5 heteroatoms. The first-order valence-electron chi connectivity index (χ1n) is 5.98. The maximum Gasteiger partial charge on any atom is 0.305 e. The first-order valence-corrected chi connectivity index (χ1v) is 6.36. The maximum absolute atomic E-state index is 12.0.